The number of rotatable bonds is 7. The Morgan fingerprint density at radius 2 is 1.95 bits per heavy atom. The molecule has 1 rings (SSSR count). The molecule has 0 saturated carbocycles. The van der Waals surface area contributed by atoms with Gasteiger partial charge in [-0.2, -0.15) is 0 Å². The highest BCUT2D eigenvalue weighted by atomic mass is 16.5. The van der Waals surface area contributed by atoms with E-state index in [-0.39, 0.29) is 0 Å². The largest absolute Gasteiger partial charge is 0.449 e. The third kappa shape index (κ3) is 5.43. The minimum absolute atomic E-state index is 0.331. The fraction of sp³-hybridized carbons (Fsp3) is 0.400. The van der Waals surface area contributed by atoms with Crippen LogP contribution in [0.15, 0.2) is 24.3 Å². The van der Waals surface area contributed by atoms with E-state index in [0.717, 1.165) is 19.4 Å². The number of esters is 1. The zero-order chi connectivity index (χ0) is 16.5. The molecule has 3 amide bonds. The standard InChI is InChI=1S/C15H21N3O4/c1-3-4-9-17-12-8-6-5-7-11(12)14(20)22-10(2)13(19)18-15(16)21/h5-8,10,17H,3-4,9H2,1-2H3,(H3,16,18,19,21). The molecule has 0 fully saturated rings. The summed E-state index contributed by atoms with van der Waals surface area (Å²) in [5, 5.41) is 5.02. The van der Waals surface area contributed by atoms with E-state index in [1.54, 1.807) is 24.3 Å². The number of anilines is 1. The minimum Gasteiger partial charge on any atom is -0.449 e. The van der Waals surface area contributed by atoms with Crippen LogP contribution in [-0.2, 0) is 9.53 Å². The van der Waals surface area contributed by atoms with Gasteiger partial charge in [-0.25, -0.2) is 9.59 Å². The molecule has 1 unspecified atom stereocenters. The number of para-hydroxylation sites is 1. The van der Waals surface area contributed by atoms with Crippen molar-refractivity contribution in [1.82, 2.24) is 5.32 Å². The molecule has 0 radical (unpaired) electrons. The summed E-state index contributed by atoms with van der Waals surface area (Å²) in [6.45, 7) is 4.17. The number of carbonyl (C=O) groups excluding carboxylic acids is 3. The molecule has 7 nitrogen and oxygen atoms in total. The summed E-state index contributed by atoms with van der Waals surface area (Å²) in [6.07, 6.45) is 0.883. The molecule has 7 heteroatoms. The van der Waals surface area contributed by atoms with E-state index in [4.69, 9.17) is 10.5 Å². The zero-order valence-corrected chi connectivity index (χ0v) is 12.7. The van der Waals surface area contributed by atoms with Crippen molar-refractivity contribution in [3.05, 3.63) is 29.8 Å². The molecule has 0 aliphatic carbocycles. The van der Waals surface area contributed by atoms with Crippen LogP contribution in [0, 0.1) is 0 Å². The van der Waals surface area contributed by atoms with Crippen LogP contribution in [0.5, 0.6) is 0 Å². The SMILES string of the molecule is CCCCNc1ccccc1C(=O)OC(C)C(=O)NC(N)=O. The Bertz CT molecular complexity index is 545. The maximum absolute atomic E-state index is 12.1. The number of imide groups is 1. The number of primary amides is 1. The Labute approximate surface area is 129 Å². The number of amides is 3. The smallest absolute Gasteiger partial charge is 0.341 e. The molecule has 0 aliphatic rings. The number of ether oxygens (including phenoxy) is 1. The molecule has 22 heavy (non-hydrogen) atoms. The lowest BCUT2D eigenvalue weighted by molar-refractivity contribution is -0.127. The Balaban J connectivity index is 2.72. The normalized spacial score (nSPS) is 11.4. The molecular weight excluding hydrogens is 286 g/mol. The summed E-state index contributed by atoms with van der Waals surface area (Å²) in [4.78, 5) is 34.3. The summed E-state index contributed by atoms with van der Waals surface area (Å²) in [6, 6.07) is 5.88. The fourth-order valence-electron chi connectivity index (χ4n) is 1.72. The van der Waals surface area contributed by atoms with Gasteiger partial charge < -0.3 is 15.8 Å². The van der Waals surface area contributed by atoms with Gasteiger partial charge in [0.15, 0.2) is 6.10 Å². The lowest BCUT2D eigenvalue weighted by Crippen LogP contribution is -2.42. The molecule has 4 N–H and O–H groups in total. The fourth-order valence-corrected chi connectivity index (χ4v) is 1.72. The van der Waals surface area contributed by atoms with Crippen LogP contribution in [0.25, 0.3) is 0 Å². The van der Waals surface area contributed by atoms with Crippen molar-refractivity contribution >= 4 is 23.6 Å². The minimum atomic E-state index is -1.12. The topological polar surface area (TPSA) is 111 Å². The first kappa shape index (κ1) is 17.5. The van der Waals surface area contributed by atoms with Crippen LogP contribution < -0.4 is 16.4 Å². The maximum Gasteiger partial charge on any atom is 0.341 e. The van der Waals surface area contributed by atoms with Gasteiger partial charge in [-0.1, -0.05) is 25.5 Å². The molecule has 0 saturated heterocycles. The molecule has 0 spiro atoms. The highest BCUT2D eigenvalue weighted by Crippen LogP contribution is 2.17. The second-order valence-electron chi connectivity index (χ2n) is 4.73. The average Bonchev–Trinajstić information content (AvgIpc) is 2.47. The summed E-state index contributed by atoms with van der Waals surface area (Å²) in [5.41, 5.74) is 5.82. The summed E-state index contributed by atoms with van der Waals surface area (Å²) in [7, 11) is 0. The van der Waals surface area contributed by atoms with Gasteiger partial charge >= 0.3 is 12.0 Å². The van der Waals surface area contributed by atoms with Gasteiger partial charge in [0.2, 0.25) is 0 Å². The van der Waals surface area contributed by atoms with Gasteiger partial charge in [-0.05, 0) is 25.5 Å². The van der Waals surface area contributed by atoms with E-state index >= 15 is 0 Å². The number of nitrogens with one attached hydrogen (secondary N) is 2. The van der Waals surface area contributed by atoms with Gasteiger partial charge in [-0.3, -0.25) is 10.1 Å². The van der Waals surface area contributed by atoms with E-state index < -0.39 is 24.0 Å². The molecule has 1 atom stereocenters. The van der Waals surface area contributed by atoms with Crippen molar-refractivity contribution < 1.29 is 19.1 Å². The lowest BCUT2D eigenvalue weighted by atomic mass is 10.1. The van der Waals surface area contributed by atoms with Crippen LogP contribution in [0.2, 0.25) is 0 Å². The summed E-state index contributed by atoms with van der Waals surface area (Å²) >= 11 is 0. The highest BCUT2D eigenvalue weighted by molar-refractivity contribution is 5.99. The van der Waals surface area contributed by atoms with Crippen LogP contribution in [0.1, 0.15) is 37.0 Å². The number of benzene rings is 1. The first-order valence-electron chi connectivity index (χ1n) is 7.09. The second-order valence-corrected chi connectivity index (χ2v) is 4.73. The molecule has 1 aromatic rings. The number of hydrogen-bond acceptors (Lipinski definition) is 5. The van der Waals surface area contributed by atoms with Crippen molar-refractivity contribution in [3.63, 3.8) is 0 Å². The quantitative estimate of drug-likeness (QED) is 0.524. The Kier molecular flexibility index (Phi) is 6.88. The molecule has 0 heterocycles. The van der Waals surface area contributed by atoms with Crippen molar-refractivity contribution in [2.24, 2.45) is 5.73 Å². The monoisotopic (exact) mass is 307 g/mol. The van der Waals surface area contributed by atoms with E-state index in [0.29, 0.717) is 11.3 Å². The van der Waals surface area contributed by atoms with Crippen LogP contribution in [-0.4, -0.2) is 30.6 Å². The van der Waals surface area contributed by atoms with Gasteiger partial charge in [-0.15, -0.1) is 0 Å². The van der Waals surface area contributed by atoms with Gasteiger partial charge in [0.05, 0.1) is 5.56 Å². The first-order valence-corrected chi connectivity index (χ1v) is 7.09. The Morgan fingerprint density at radius 3 is 2.59 bits per heavy atom. The third-order valence-corrected chi connectivity index (χ3v) is 2.89. The predicted molar refractivity (Wildman–Crippen MR) is 82.4 cm³/mol. The molecule has 120 valence electrons. The van der Waals surface area contributed by atoms with E-state index in [1.165, 1.54) is 6.92 Å². The summed E-state index contributed by atoms with van der Waals surface area (Å²) < 4.78 is 5.05. The number of unbranched alkanes of at least 4 members (excludes halogenated alkanes) is 1. The number of carbonyl (C=O) groups is 3. The predicted octanol–water partition coefficient (Wildman–Crippen LogP) is 1.64. The van der Waals surface area contributed by atoms with Crippen molar-refractivity contribution in [1.29, 1.82) is 0 Å². The summed E-state index contributed by atoms with van der Waals surface area (Å²) in [5.74, 6) is -1.41. The van der Waals surface area contributed by atoms with E-state index in [9.17, 15) is 14.4 Å². The van der Waals surface area contributed by atoms with Crippen molar-refractivity contribution in [2.75, 3.05) is 11.9 Å². The lowest BCUT2D eigenvalue weighted by Gasteiger charge is -2.14. The first-order chi connectivity index (χ1) is 10.5. The molecule has 1 aromatic carbocycles. The zero-order valence-electron chi connectivity index (χ0n) is 12.7. The molecule has 0 bridgehead atoms. The number of hydrogen-bond donors (Lipinski definition) is 3. The number of urea groups is 1. The highest BCUT2D eigenvalue weighted by Gasteiger charge is 2.21. The number of nitrogens with two attached hydrogens (primary N) is 1. The van der Waals surface area contributed by atoms with E-state index in [1.807, 2.05) is 5.32 Å². The Hall–Kier alpha value is -2.57. The van der Waals surface area contributed by atoms with Crippen LogP contribution >= 0.6 is 0 Å². The van der Waals surface area contributed by atoms with Gasteiger partial charge in [0.25, 0.3) is 5.91 Å². The molecule has 0 aromatic heterocycles. The van der Waals surface area contributed by atoms with Gasteiger partial charge in [0, 0.05) is 12.2 Å². The third-order valence-electron chi connectivity index (χ3n) is 2.89. The van der Waals surface area contributed by atoms with Crippen molar-refractivity contribution in [2.45, 2.75) is 32.8 Å². The molecular formula is C15H21N3O4. The second kappa shape index (κ2) is 8.66. The van der Waals surface area contributed by atoms with Crippen LogP contribution in [0.3, 0.4) is 0 Å². The van der Waals surface area contributed by atoms with Crippen LogP contribution in [0.4, 0.5) is 10.5 Å². The van der Waals surface area contributed by atoms with E-state index in [2.05, 4.69) is 12.2 Å². The van der Waals surface area contributed by atoms with Crippen molar-refractivity contribution in [3.8, 4) is 0 Å². The molecule has 0 aliphatic heterocycles. The average molecular weight is 307 g/mol. The maximum atomic E-state index is 12.1. The Morgan fingerprint density at radius 1 is 1.27 bits per heavy atom. The van der Waals surface area contributed by atoms with Gasteiger partial charge in [0.1, 0.15) is 0 Å².